The van der Waals surface area contributed by atoms with Gasteiger partial charge in [0.05, 0.1) is 30.9 Å². The number of benzene rings is 2. The molecule has 2 atom stereocenters. The van der Waals surface area contributed by atoms with Crippen LogP contribution in [0.5, 0.6) is 0 Å². The molecule has 0 spiro atoms. The van der Waals surface area contributed by atoms with Gasteiger partial charge in [-0.15, -0.1) is 0 Å². The quantitative estimate of drug-likeness (QED) is 0.508. The second-order valence-corrected chi connectivity index (χ2v) is 8.80. The topological polar surface area (TPSA) is 67.6 Å². The normalized spacial score (nSPS) is 17.6. The van der Waals surface area contributed by atoms with Crippen LogP contribution in [0.3, 0.4) is 0 Å². The van der Waals surface area contributed by atoms with Crippen molar-refractivity contribution in [2.45, 2.75) is 25.5 Å². The molecule has 2 unspecified atom stereocenters. The number of rotatable bonds is 7. The molecule has 0 radical (unpaired) electrons. The van der Waals surface area contributed by atoms with Crippen LogP contribution < -0.4 is 5.32 Å². The molecule has 1 N–H and O–H groups in total. The number of hydrogen-bond acceptors (Lipinski definition) is 5. The van der Waals surface area contributed by atoms with Gasteiger partial charge in [0, 0.05) is 40.8 Å². The minimum atomic E-state index is -0.420. The molecule has 4 rings (SSSR count). The molecule has 1 aliphatic heterocycles. The van der Waals surface area contributed by atoms with Gasteiger partial charge in [-0.05, 0) is 43.3 Å². The standard InChI is InChI=1S/C24H24Cl2FN3O3/c1-15-13-30(9-10-32-15)21(23-19(26)3-2-4-20(23)27)12-28-22(31)11-18-14-33-24(29-18)16-5-7-17(25)8-6-16/h2-8,14-15,21H,9-13H2,1H3,(H,28,31). The first-order chi connectivity index (χ1) is 15.9. The molecule has 1 aliphatic rings. The number of carbonyl (C=O) groups excluding carboxylic acids is 1. The van der Waals surface area contributed by atoms with Crippen LogP contribution in [0.15, 0.2) is 53.1 Å². The Labute approximate surface area is 201 Å². The Kier molecular flexibility index (Phi) is 7.65. The summed E-state index contributed by atoms with van der Waals surface area (Å²) in [6.07, 6.45) is 1.50. The summed E-state index contributed by atoms with van der Waals surface area (Å²) in [5.41, 5.74) is 1.64. The number of nitrogens with zero attached hydrogens (tertiary/aromatic N) is 2. The molecule has 1 aromatic heterocycles. The second-order valence-electron chi connectivity index (χ2n) is 7.96. The van der Waals surface area contributed by atoms with Gasteiger partial charge in [-0.2, -0.15) is 0 Å². The monoisotopic (exact) mass is 491 g/mol. The fourth-order valence-electron chi connectivity index (χ4n) is 3.92. The maximum atomic E-state index is 14.7. The highest BCUT2D eigenvalue weighted by molar-refractivity contribution is 6.31. The average molecular weight is 492 g/mol. The Hall–Kier alpha value is -2.45. The molecule has 2 heterocycles. The fourth-order valence-corrected chi connectivity index (χ4v) is 4.34. The zero-order valence-electron chi connectivity index (χ0n) is 18.1. The molecule has 1 saturated heterocycles. The minimum Gasteiger partial charge on any atom is -0.444 e. The van der Waals surface area contributed by atoms with Crippen molar-refractivity contribution in [1.29, 1.82) is 0 Å². The lowest BCUT2D eigenvalue weighted by atomic mass is 10.0. The molecular weight excluding hydrogens is 468 g/mol. The Morgan fingerprint density at radius 1 is 1.27 bits per heavy atom. The van der Waals surface area contributed by atoms with Crippen molar-refractivity contribution >= 4 is 29.1 Å². The van der Waals surface area contributed by atoms with Gasteiger partial charge in [0.15, 0.2) is 0 Å². The first kappa shape index (κ1) is 23.7. The summed E-state index contributed by atoms with van der Waals surface area (Å²) < 4.78 is 25.9. The molecule has 174 valence electrons. The molecule has 1 amide bonds. The van der Waals surface area contributed by atoms with E-state index in [9.17, 15) is 9.18 Å². The van der Waals surface area contributed by atoms with Crippen molar-refractivity contribution in [2.24, 2.45) is 0 Å². The lowest BCUT2D eigenvalue weighted by Crippen LogP contribution is -2.47. The Bertz CT molecular complexity index is 1090. The molecule has 9 heteroatoms. The predicted octanol–water partition coefficient (Wildman–Crippen LogP) is 4.91. The molecule has 3 aromatic rings. The van der Waals surface area contributed by atoms with Gasteiger partial charge >= 0.3 is 0 Å². The summed E-state index contributed by atoms with van der Waals surface area (Å²) in [4.78, 5) is 19.2. The highest BCUT2D eigenvalue weighted by Crippen LogP contribution is 2.31. The van der Waals surface area contributed by atoms with Crippen molar-refractivity contribution in [1.82, 2.24) is 15.2 Å². The van der Waals surface area contributed by atoms with Crippen molar-refractivity contribution in [3.8, 4) is 11.5 Å². The summed E-state index contributed by atoms with van der Waals surface area (Å²) in [6.45, 7) is 3.92. The number of ether oxygens (including phenoxy) is 1. The summed E-state index contributed by atoms with van der Waals surface area (Å²) >= 11 is 12.3. The van der Waals surface area contributed by atoms with Crippen LogP contribution >= 0.6 is 23.2 Å². The number of halogens is 3. The fraction of sp³-hybridized carbons (Fsp3) is 0.333. The third-order valence-corrected chi connectivity index (χ3v) is 6.10. The smallest absolute Gasteiger partial charge is 0.226 e. The summed E-state index contributed by atoms with van der Waals surface area (Å²) in [5, 5.41) is 3.85. The van der Waals surface area contributed by atoms with E-state index in [0.717, 1.165) is 5.56 Å². The summed E-state index contributed by atoms with van der Waals surface area (Å²) in [5.74, 6) is -0.234. The van der Waals surface area contributed by atoms with Crippen LogP contribution in [0.1, 0.15) is 24.2 Å². The number of carbonyl (C=O) groups is 1. The molecule has 0 saturated carbocycles. The maximum Gasteiger partial charge on any atom is 0.226 e. The average Bonchev–Trinajstić information content (AvgIpc) is 3.24. The van der Waals surface area contributed by atoms with E-state index in [1.54, 1.807) is 36.4 Å². The van der Waals surface area contributed by atoms with E-state index in [0.29, 0.717) is 46.9 Å². The molecule has 1 fully saturated rings. The largest absolute Gasteiger partial charge is 0.444 e. The third kappa shape index (κ3) is 5.92. The van der Waals surface area contributed by atoms with E-state index in [1.807, 2.05) is 6.92 Å². The summed E-state index contributed by atoms with van der Waals surface area (Å²) in [7, 11) is 0. The summed E-state index contributed by atoms with van der Waals surface area (Å²) in [6, 6.07) is 11.3. The zero-order valence-corrected chi connectivity index (χ0v) is 19.6. The van der Waals surface area contributed by atoms with Gasteiger partial charge in [-0.3, -0.25) is 9.69 Å². The minimum absolute atomic E-state index is 0.00363. The predicted molar refractivity (Wildman–Crippen MR) is 125 cm³/mol. The molecule has 6 nitrogen and oxygen atoms in total. The van der Waals surface area contributed by atoms with Crippen LogP contribution in [0.25, 0.3) is 11.5 Å². The highest BCUT2D eigenvalue weighted by atomic mass is 35.5. The van der Waals surface area contributed by atoms with Crippen molar-refractivity contribution in [2.75, 3.05) is 26.2 Å². The van der Waals surface area contributed by atoms with Gasteiger partial charge in [0.2, 0.25) is 11.8 Å². The molecule has 33 heavy (non-hydrogen) atoms. The Morgan fingerprint density at radius 3 is 2.79 bits per heavy atom. The van der Waals surface area contributed by atoms with Gasteiger partial charge < -0.3 is 14.5 Å². The van der Waals surface area contributed by atoms with Gasteiger partial charge in [0.25, 0.3) is 0 Å². The van der Waals surface area contributed by atoms with E-state index in [-0.39, 0.29) is 25.0 Å². The van der Waals surface area contributed by atoms with Gasteiger partial charge in [0.1, 0.15) is 12.1 Å². The molecule has 0 aliphatic carbocycles. The Balaban J connectivity index is 1.44. The van der Waals surface area contributed by atoms with Crippen LogP contribution in [-0.4, -0.2) is 48.1 Å². The van der Waals surface area contributed by atoms with Crippen molar-refractivity contribution in [3.63, 3.8) is 0 Å². The molecule has 0 bridgehead atoms. The van der Waals surface area contributed by atoms with E-state index in [1.165, 1.54) is 12.3 Å². The van der Waals surface area contributed by atoms with Crippen LogP contribution in [0.4, 0.5) is 4.39 Å². The van der Waals surface area contributed by atoms with E-state index < -0.39 is 11.9 Å². The number of oxazole rings is 1. The SMILES string of the molecule is CC1CN(C(CNC(=O)Cc2coc(-c3ccc(Cl)cc3)n2)c2c(F)cccc2Cl)CCO1. The maximum absolute atomic E-state index is 14.7. The highest BCUT2D eigenvalue weighted by Gasteiger charge is 2.29. The molecule has 2 aromatic carbocycles. The van der Waals surface area contributed by atoms with E-state index >= 15 is 0 Å². The van der Waals surface area contributed by atoms with E-state index in [2.05, 4.69) is 15.2 Å². The first-order valence-corrected chi connectivity index (χ1v) is 11.4. The number of hydrogen-bond donors (Lipinski definition) is 1. The number of aromatic nitrogens is 1. The third-order valence-electron chi connectivity index (χ3n) is 5.52. The van der Waals surface area contributed by atoms with E-state index in [4.69, 9.17) is 32.4 Å². The van der Waals surface area contributed by atoms with Crippen molar-refractivity contribution < 1.29 is 18.3 Å². The van der Waals surface area contributed by atoms with Crippen LogP contribution in [0.2, 0.25) is 10.0 Å². The zero-order chi connectivity index (χ0) is 23.4. The second kappa shape index (κ2) is 10.7. The lowest BCUT2D eigenvalue weighted by Gasteiger charge is -2.38. The Morgan fingerprint density at radius 2 is 2.06 bits per heavy atom. The van der Waals surface area contributed by atoms with Crippen LogP contribution in [0, 0.1) is 5.82 Å². The van der Waals surface area contributed by atoms with Gasteiger partial charge in [-0.25, -0.2) is 9.37 Å². The van der Waals surface area contributed by atoms with Gasteiger partial charge in [-0.1, -0.05) is 29.3 Å². The van der Waals surface area contributed by atoms with Crippen LogP contribution in [-0.2, 0) is 16.0 Å². The first-order valence-electron chi connectivity index (χ1n) is 10.7. The van der Waals surface area contributed by atoms with Crippen molar-refractivity contribution in [3.05, 3.63) is 75.8 Å². The number of amides is 1. The lowest BCUT2D eigenvalue weighted by molar-refractivity contribution is -0.121. The molecular formula is C24H24Cl2FN3O3. The number of nitrogens with one attached hydrogen (secondary N) is 1. The number of morpholine rings is 1.